The topological polar surface area (TPSA) is 22.1 Å². The van der Waals surface area contributed by atoms with E-state index in [4.69, 9.17) is 4.74 Å². The highest BCUT2D eigenvalue weighted by molar-refractivity contribution is 5.50. The Morgan fingerprint density at radius 2 is 1.96 bits per heavy atom. The van der Waals surface area contributed by atoms with Crippen LogP contribution in [0.25, 0.3) is 0 Å². The number of hydrogen-bond donors (Lipinski definition) is 0. The van der Waals surface area contributed by atoms with Gasteiger partial charge in [-0.1, -0.05) is 31.9 Å². The third-order valence-corrected chi connectivity index (χ3v) is 7.54. The molecule has 4 rings (SSSR count). The van der Waals surface area contributed by atoms with Crippen molar-refractivity contribution in [3.05, 3.63) is 52.9 Å². The summed E-state index contributed by atoms with van der Waals surface area (Å²) in [6.07, 6.45) is 16.7. The Balaban J connectivity index is 1.64. The second kappa shape index (κ2) is 6.95. The van der Waals surface area contributed by atoms with Gasteiger partial charge in [0.15, 0.2) is 0 Å². The number of nitrogens with zero attached hydrogens (tertiary/aromatic N) is 1. The van der Waals surface area contributed by atoms with Gasteiger partial charge in [0, 0.05) is 31.0 Å². The molecule has 2 saturated carbocycles. The molecule has 0 radical (unpaired) electrons. The molecule has 3 aliphatic carbocycles. The van der Waals surface area contributed by atoms with Crippen molar-refractivity contribution < 1.29 is 4.74 Å². The Morgan fingerprint density at radius 1 is 1.19 bits per heavy atom. The summed E-state index contributed by atoms with van der Waals surface area (Å²) in [5, 5.41) is 0. The van der Waals surface area contributed by atoms with Crippen molar-refractivity contribution in [2.45, 2.75) is 71.3 Å². The first-order valence-corrected chi connectivity index (χ1v) is 10.3. The zero-order valence-corrected chi connectivity index (χ0v) is 17.1. The summed E-state index contributed by atoms with van der Waals surface area (Å²) in [4.78, 5) is 4.44. The van der Waals surface area contributed by atoms with Gasteiger partial charge >= 0.3 is 0 Å². The lowest BCUT2D eigenvalue weighted by molar-refractivity contribution is -0.00571. The van der Waals surface area contributed by atoms with Gasteiger partial charge in [-0.15, -0.1) is 5.92 Å². The highest BCUT2D eigenvalue weighted by Crippen LogP contribution is 2.65. The van der Waals surface area contributed by atoms with E-state index in [0.29, 0.717) is 17.4 Å². The van der Waals surface area contributed by atoms with E-state index in [1.807, 2.05) is 26.4 Å². The minimum Gasteiger partial charge on any atom is -0.381 e. The number of fused-ring (bicyclic) bond motifs is 1. The quantitative estimate of drug-likeness (QED) is 0.621. The number of ether oxygens (including phenoxy) is 1. The fourth-order valence-corrected chi connectivity index (χ4v) is 5.69. The Bertz CT molecular complexity index is 841. The molecule has 0 N–H and O–H groups in total. The van der Waals surface area contributed by atoms with Crippen LogP contribution in [0.5, 0.6) is 0 Å². The lowest BCUT2D eigenvalue weighted by Gasteiger charge is -2.46. The van der Waals surface area contributed by atoms with E-state index in [1.165, 1.54) is 37.7 Å². The van der Waals surface area contributed by atoms with E-state index >= 15 is 0 Å². The summed E-state index contributed by atoms with van der Waals surface area (Å²) in [6.45, 7) is 6.84. The zero-order valence-electron chi connectivity index (χ0n) is 17.1. The molecule has 1 atom stereocenters. The monoisotopic (exact) mass is 361 g/mol. The molecule has 0 saturated heterocycles. The maximum Gasteiger partial charge on any atom is 0.0571 e. The molecule has 0 bridgehead atoms. The summed E-state index contributed by atoms with van der Waals surface area (Å²) < 4.78 is 5.64. The molecule has 0 amide bonds. The van der Waals surface area contributed by atoms with Crippen LogP contribution in [0.15, 0.2) is 41.8 Å². The molecule has 0 aromatic carbocycles. The van der Waals surface area contributed by atoms with Crippen LogP contribution in [-0.4, -0.2) is 18.2 Å². The first-order valence-electron chi connectivity index (χ1n) is 10.3. The molecule has 1 spiro atoms. The minimum absolute atomic E-state index is 0.227. The number of rotatable bonds is 2. The second-order valence-corrected chi connectivity index (χ2v) is 9.05. The van der Waals surface area contributed by atoms with Crippen molar-refractivity contribution in [3.8, 4) is 11.8 Å². The third kappa shape index (κ3) is 3.07. The predicted octanol–water partition coefficient (Wildman–Crippen LogP) is 5.80. The summed E-state index contributed by atoms with van der Waals surface area (Å²) in [7, 11) is 1.86. The Labute approximate surface area is 164 Å². The SMILES string of the molecule is CC#Cc1cncc(C2C=C3C(=CC2)CC2(CCC(OC)CC2)C3(C)C)c1. The largest absolute Gasteiger partial charge is 0.381 e. The number of aromatic nitrogens is 1. The zero-order chi connectivity index (χ0) is 19.1. The van der Waals surface area contributed by atoms with Crippen molar-refractivity contribution in [3.63, 3.8) is 0 Å². The highest BCUT2D eigenvalue weighted by Gasteiger charge is 2.54. The molecule has 0 aliphatic heterocycles. The number of pyridine rings is 1. The molecular formula is C25H31NO. The molecule has 2 fully saturated rings. The van der Waals surface area contributed by atoms with Gasteiger partial charge in [-0.2, -0.15) is 0 Å². The Kier molecular flexibility index (Phi) is 4.77. The predicted molar refractivity (Wildman–Crippen MR) is 110 cm³/mol. The van der Waals surface area contributed by atoms with E-state index in [1.54, 1.807) is 11.1 Å². The van der Waals surface area contributed by atoms with E-state index in [0.717, 1.165) is 12.0 Å². The maximum atomic E-state index is 5.64. The van der Waals surface area contributed by atoms with Crippen LogP contribution in [0.1, 0.15) is 76.3 Å². The van der Waals surface area contributed by atoms with Crippen molar-refractivity contribution in [2.75, 3.05) is 7.11 Å². The van der Waals surface area contributed by atoms with E-state index in [2.05, 4.69) is 48.9 Å². The summed E-state index contributed by atoms with van der Waals surface area (Å²) in [5.74, 6) is 6.55. The fraction of sp³-hybridized carbons (Fsp3) is 0.560. The van der Waals surface area contributed by atoms with Gasteiger partial charge in [0.2, 0.25) is 0 Å². The summed E-state index contributed by atoms with van der Waals surface area (Å²) >= 11 is 0. The summed E-state index contributed by atoms with van der Waals surface area (Å²) in [6, 6.07) is 2.21. The molecule has 2 nitrogen and oxygen atoms in total. The number of hydrogen-bond acceptors (Lipinski definition) is 2. The highest BCUT2D eigenvalue weighted by atomic mass is 16.5. The van der Waals surface area contributed by atoms with Gasteiger partial charge in [-0.3, -0.25) is 4.98 Å². The lowest BCUT2D eigenvalue weighted by Crippen LogP contribution is -2.39. The average molecular weight is 362 g/mol. The van der Waals surface area contributed by atoms with Crippen molar-refractivity contribution in [2.24, 2.45) is 10.8 Å². The van der Waals surface area contributed by atoms with E-state index in [9.17, 15) is 0 Å². The average Bonchev–Trinajstić information content (AvgIpc) is 2.89. The van der Waals surface area contributed by atoms with Crippen molar-refractivity contribution in [1.82, 2.24) is 4.98 Å². The smallest absolute Gasteiger partial charge is 0.0571 e. The maximum absolute atomic E-state index is 5.64. The van der Waals surface area contributed by atoms with E-state index in [-0.39, 0.29) is 5.41 Å². The van der Waals surface area contributed by atoms with Gasteiger partial charge in [-0.25, -0.2) is 0 Å². The van der Waals surface area contributed by atoms with Gasteiger partial charge in [0.25, 0.3) is 0 Å². The minimum atomic E-state index is 0.227. The van der Waals surface area contributed by atoms with Crippen molar-refractivity contribution in [1.29, 1.82) is 0 Å². The van der Waals surface area contributed by atoms with Crippen LogP contribution in [-0.2, 0) is 4.74 Å². The first-order chi connectivity index (χ1) is 13.0. The molecular weight excluding hydrogens is 330 g/mol. The second-order valence-electron chi connectivity index (χ2n) is 9.05. The van der Waals surface area contributed by atoms with Crippen LogP contribution in [0.3, 0.4) is 0 Å². The molecule has 3 aliphatic rings. The molecule has 1 aromatic heterocycles. The lowest BCUT2D eigenvalue weighted by atomic mass is 9.59. The number of allylic oxidation sites excluding steroid dienone is 4. The molecule has 27 heavy (non-hydrogen) atoms. The Hall–Kier alpha value is -1.85. The molecule has 1 unspecified atom stereocenters. The summed E-state index contributed by atoms with van der Waals surface area (Å²) in [5.41, 5.74) is 6.12. The number of methoxy groups -OCH3 is 1. The van der Waals surface area contributed by atoms with Crippen LogP contribution < -0.4 is 0 Å². The van der Waals surface area contributed by atoms with Crippen LogP contribution in [0, 0.1) is 22.7 Å². The normalized spacial score (nSPS) is 31.6. The van der Waals surface area contributed by atoms with Crippen molar-refractivity contribution >= 4 is 0 Å². The van der Waals surface area contributed by atoms with Crippen LogP contribution >= 0.6 is 0 Å². The van der Waals surface area contributed by atoms with Gasteiger partial charge < -0.3 is 4.74 Å². The van der Waals surface area contributed by atoms with Crippen LogP contribution in [0.2, 0.25) is 0 Å². The Morgan fingerprint density at radius 3 is 2.67 bits per heavy atom. The molecule has 1 heterocycles. The van der Waals surface area contributed by atoms with E-state index < -0.39 is 0 Å². The fourth-order valence-electron chi connectivity index (χ4n) is 5.69. The third-order valence-electron chi connectivity index (χ3n) is 7.54. The van der Waals surface area contributed by atoms with Gasteiger partial charge in [0.05, 0.1) is 6.10 Å². The first kappa shape index (κ1) is 18.5. The molecule has 142 valence electrons. The molecule has 1 aromatic rings. The van der Waals surface area contributed by atoms with Gasteiger partial charge in [-0.05, 0) is 79.1 Å². The van der Waals surface area contributed by atoms with Crippen LogP contribution in [0.4, 0.5) is 0 Å². The standard InChI is InChI=1S/C25H31NO/c1-5-6-18-13-21(17-26-16-18)19-7-8-20-15-25(24(2,3)23(20)14-19)11-9-22(27-4)10-12-25/h8,13-14,16-17,19,22H,7,9-12,15H2,1-4H3. The van der Waals surface area contributed by atoms with Gasteiger partial charge in [0.1, 0.15) is 0 Å². The molecule has 2 heteroatoms.